The smallest absolute Gasteiger partial charge is 0.399 e. The van der Waals surface area contributed by atoms with E-state index in [2.05, 4.69) is 9.97 Å². The van der Waals surface area contributed by atoms with Crippen LogP contribution in [0.1, 0.15) is 27.7 Å². The molecule has 1 aliphatic rings. The summed E-state index contributed by atoms with van der Waals surface area (Å²) in [6.07, 6.45) is 5.33. The van der Waals surface area contributed by atoms with Crippen molar-refractivity contribution in [1.82, 2.24) is 14.5 Å². The van der Waals surface area contributed by atoms with Crippen molar-refractivity contribution in [3.05, 3.63) is 18.7 Å². The Kier molecular flexibility index (Phi) is 2.53. The van der Waals surface area contributed by atoms with Crippen molar-refractivity contribution in [2.75, 3.05) is 0 Å². The summed E-state index contributed by atoms with van der Waals surface area (Å²) in [6.45, 7) is 8.18. The average molecular weight is 259 g/mol. The first-order valence-electron chi connectivity index (χ1n) is 6.42. The fourth-order valence-corrected chi connectivity index (χ4v) is 2.29. The number of pyridine rings is 1. The lowest BCUT2D eigenvalue weighted by Gasteiger charge is -2.32. The SMILES string of the molecule is Cn1cnc2cncc(B3OC(C)(C)C(C)(C)O3)c21. The highest BCUT2D eigenvalue weighted by Gasteiger charge is 2.52. The highest BCUT2D eigenvalue weighted by molar-refractivity contribution is 6.64. The van der Waals surface area contributed by atoms with E-state index in [4.69, 9.17) is 9.31 Å². The molecule has 0 spiro atoms. The summed E-state index contributed by atoms with van der Waals surface area (Å²) in [4.78, 5) is 8.54. The van der Waals surface area contributed by atoms with Crippen molar-refractivity contribution in [3.8, 4) is 0 Å². The largest absolute Gasteiger partial charge is 0.498 e. The third-order valence-corrected chi connectivity index (χ3v) is 4.16. The van der Waals surface area contributed by atoms with Crippen LogP contribution in [0.25, 0.3) is 11.0 Å². The van der Waals surface area contributed by atoms with Gasteiger partial charge in [0.25, 0.3) is 0 Å². The van der Waals surface area contributed by atoms with E-state index in [9.17, 15) is 0 Å². The average Bonchev–Trinajstić information content (AvgIpc) is 2.78. The van der Waals surface area contributed by atoms with Crippen molar-refractivity contribution in [2.45, 2.75) is 38.9 Å². The van der Waals surface area contributed by atoms with Crippen molar-refractivity contribution >= 4 is 23.6 Å². The molecule has 0 N–H and O–H groups in total. The summed E-state index contributed by atoms with van der Waals surface area (Å²) in [5.41, 5.74) is 2.09. The van der Waals surface area contributed by atoms with Gasteiger partial charge in [-0.25, -0.2) is 4.98 Å². The highest BCUT2D eigenvalue weighted by Crippen LogP contribution is 2.36. The van der Waals surface area contributed by atoms with Crippen molar-refractivity contribution in [2.24, 2.45) is 7.05 Å². The standard InChI is InChI=1S/C13H18BN3O2/c1-12(2)13(3,4)19-14(18-12)9-6-15-7-10-11(9)17(5)8-16-10/h6-8H,1-5H3. The summed E-state index contributed by atoms with van der Waals surface area (Å²) in [6, 6.07) is 0. The van der Waals surface area contributed by atoms with Crippen LogP contribution in [0.15, 0.2) is 18.7 Å². The fourth-order valence-electron chi connectivity index (χ4n) is 2.29. The summed E-state index contributed by atoms with van der Waals surface area (Å²) in [7, 11) is 1.56. The molecular formula is C13H18BN3O2. The van der Waals surface area contributed by atoms with Crippen molar-refractivity contribution in [1.29, 1.82) is 0 Å². The van der Waals surface area contributed by atoms with Gasteiger partial charge in [0, 0.05) is 18.7 Å². The zero-order valence-corrected chi connectivity index (χ0v) is 12.0. The lowest BCUT2D eigenvalue weighted by Crippen LogP contribution is -2.41. The Morgan fingerprint density at radius 3 is 2.37 bits per heavy atom. The van der Waals surface area contributed by atoms with Gasteiger partial charge in [-0.05, 0) is 27.7 Å². The molecule has 2 aromatic rings. The van der Waals surface area contributed by atoms with Crippen molar-refractivity contribution in [3.63, 3.8) is 0 Å². The van der Waals surface area contributed by atoms with Crippen LogP contribution in [0.4, 0.5) is 0 Å². The van der Waals surface area contributed by atoms with Crippen LogP contribution in [0.3, 0.4) is 0 Å². The van der Waals surface area contributed by atoms with Crippen LogP contribution in [0.2, 0.25) is 0 Å². The van der Waals surface area contributed by atoms with Crippen molar-refractivity contribution < 1.29 is 9.31 Å². The van der Waals surface area contributed by atoms with Crippen LogP contribution < -0.4 is 5.46 Å². The van der Waals surface area contributed by atoms with E-state index in [1.165, 1.54) is 0 Å². The molecule has 0 amide bonds. The zero-order valence-electron chi connectivity index (χ0n) is 12.0. The number of aryl methyl sites for hydroxylation is 1. The molecule has 0 saturated carbocycles. The summed E-state index contributed by atoms with van der Waals surface area (Å²) >= 11 is 0. The molecule has 19 heavy (non-hydrogen) atoms. The zero-order chi connectivity index (χ0) is 13.8. The van der Waals surface area contributed by atoms with Gasteiger partial charge in [0.15, 0.2) is 0 Å². The minimum absolute atomic E-state index is 0.349. The number of aromatic nitrogens is 3. The molecule has 6 heteroatoms. The topological polar surface area (TPSA) is 49.2 Å². The number of hydrogen-bond acceptors (Lipinski definition) is 4. The number of hydrogen-bond donors (Lipinski definition) is 0. The first-order valence-corrected chi connectivity index (χ1v) is 6.42. The second kappa shape index (κ2) is 3.80. The Balaban J connectivity index is 2.10. The van der Waals surface area contributed by atoms with Crippen LogP contribution in [0, 0.1) is 0 Å². The van der Waals surface area contributed by atoms with Gasteiger partial charge in [-0.15, -0.1) is 0 Å². The van der Waals surface area contributed by atoms with Gasteiger partial charge in [-0.3, -0.25) is 4.98 Å². The molecule has 0 atom stereocenters. The van der Waals surface area contributed by atoms with Gasteiger partial charge in [0.1, 0.15) is 5.52 Å². The minimum Gasteiger partial charge on any atom is -0.399 e. The van der Waals surface area contributed by atoms with E-state index in [0.717, 1.165) is 16.5 Å². The van der Waals surface area contributed by atoms with Crippen LogP contribution in [-0.2, 0) is 16.4 Å². The third-order valence-electron chi connectivity index (χ3n) is 4.16. The second-order valence-corrected chi connectivity index (χ2v) is 6.04. The predicted octanol–water partition coefficient (Wildman–Crippen LogP) is 1.27. The van der Waals surface area contributed by atoms with E-state index in [1.54, 1.807) is 18.7 Å². The number of rotatable bonds is 1. The van der Waals surface area contributed by atoms with Gasteiger partial charge in [0.05, 0.1) is 29.2 Å². The first-order chi connectivity index (χ1) is 8.82. The fraction of sp³-hybridized carbons (Fsp3) is 0.538. The van der Waals surface area contributed by atoms with Gasteiger partial charge >= 0.3 is 7.12 Å². The molecular weight excluding hydrogens is 241 g/mol. The molecule has 0 aromatic carbocycles. The molecule has 2 aromatic heterocycles. The number of imidazole rings is 1. The van der Waals surface area contributed by atoms with Gasteiger partial charge in [-0.1, -0.05) is 0 Å². The van der Waals surface area contributed by atoms with E-state index < -0.39 is 7.12 Å². The molecule has 3 rings (SSSR count). The number of fused-ring (bicyclic) bond motifs is 1. The monoisotopic (exact) mass is 259 g/mol. The quantitative estimate of drug-likeness (QED) is 0.723. The lowest BCUT2D eigenvalue weighted by atomic mass is 9.79. The van der Waals surface area contributed by atoms with Crippen LogP contribution in [-0.4, -0.2) is 32.9 Å². The molecule has 0 bridgehead atoms. The van der Waals surface area contributed by atoms with Crippen LogP contribution >= 0.6 is 0 Å². The van der Waals surface area contributed by atoms with E-state index >= 15 is 0 Å². The summed E-state index contributed by atoms with van der Waals surface area (Å²) < 4.78 is 14.1. The molecule has 1 saturated heterocycles. The Morgan fingerprint density at radius 2 is 1.74 bits per heavy atom. The molecule has 0 unspecified atom stereocenters. The van der Waals surface area contributed by atoms with E-state index in [1.807, 2.05) is 39.3 Å². The second-order valence-electron chi connectivity index (χ2n) is 6.04. The molecule has 1 fully saturated rings. The molecule has 0 aliphatic carbocycles. The number of nitrogens with zero attached hydrogens (tertiary/aromatic N) is 3. The van der Waals surface area contributed by atoms with Crippen LogP contribution in [0.5, 0.6) is 0 Å². The molecule has 0 radical (unpaired) electrons. The summed E-state index contributed by atoms with van der Waals surface area (Å²) in [5, 5.41) is 0. The van der Waals surface area contributed by atoms with Gasteiger partial charge in [0.2, 0.25) is 0 Å². The Hall–Kier alpha value is -1.40. The Labute approximate surface area is 113 Å². The van der Waals surface area contributed by atoms with Gasteiger partial charge < -0.3 is 13.9 Å². The maximum absolute atomic E-state index is 6.08. The third kappa shape index (κ3) is 1.78. The highest BCUT2D eigenvalue weighted by atomic mass is 16.7. The molecule has 1 aliphatic heterocycles. The maximum atomic E-state index is 6.08. The molecule has 3 heterocycles. The van der Waals surface area contributed by atoms with E-state index in [0.29, 0.717) is 0 Å². The predicted molar refractivity (Wildman–Crippen MR) is 74.2 cm³/mol. The molecule has 5 nitrogen and oxygen atoms in total. The minimum atomic E-state index is -0.406. The lowest BCUT2D eigenvalue weighted by molar-refractivity contribution is 0.00578. The first kappa shape index (κ1) is 12.6. The normalized spacial score (nSPS) is 21.2. The Bertz CT molecular complexity index is 620. The van der Waals surface area contributed by atoms with E-state index in [-0.39, 0.29) is 11.2 Å². The van der Waals surface area contributed by atoms with Gasteiger partial charge in [-0.2, -0.15) is 0 Å². The Morgan fingerprint density at radius 1 is 1.11 bits per heavy atom. The summed E-state index contributed by atoms with van der Waals surface area (Å²) in [5.74, 6) is 0. The maximum Gasteiger partial charge on any atom is 0.498 e. The molecule has 100 valence electrons.